The van der Waals surface area contributed by atoms with Gasteiger partial charge in [-0.1, -0.05) is 35.9 Å². The predicted molar refractivity (Wildman–Crippen MR) is 102 cm³/mol. The number of hydrogen-bond donors (Lipinski definition) is 2. The number of barbiturate groups is 1. The van der Waals surface area contributed by atoms with E-state index < -0.39 is 23.8 Å². The average molecular weight is 400 g/mol. The molecule has 1 fully saturated rings. The number of amides is 5. The average Bonchev–Trinajstić information content (AvgIpc) is 2.64. The quantitative estimate of drug-likeness (QED) is 0.587. The van der Waals surface area contributed by atoms with E-state index in [2.05, 4.69) is 5.32 Å². The largest absolute Gasteiger partial charge is 0.483 e. The molecule has 2 aromatic carbocycles. The van der Waals surface area contributed by atoms with Crippen LogP contribution in [0.4, 0.5) is 10.5 Å². The number of halogens is 1. The Morgan fingerprint density at radius 1 is 1.14 bits per heavy atom. The minimum Gasteiger partial charge on any atom is -0.483 e. The number of ether oxygens (including phenoxy) is 1. The Labute approximate surface area is 164 Å². The molecule has 2 aromatic rings. The van der Waals surface area contributed by atoms with Gasteiger partial charge in [0.2, 0.25) is 0 Å². The van der Waals surface area contributed by atoms with Crippen LogP contribution in [0, 0.1) is 0 Å². The topological polar surface area (TPSA) is 119 Å². The van der Waals surface area contributed by atoms with Gasteiger partial charge < -0.3 is 10.5 Å². The molecule has 0 aliphatic carbocycles. The molecule has 0 aromatic heterocycles. The van der Waals surface area contributed by atoms with Crippen molar-refractivity contribution in [2.75, 3.05) is 11.5 Å². The highest BCUT2D eigenvalue weighted by atomic mass is 35.5. The van der Waals surface area contributed by atoms with Crippen molar-refractivity contribution in [3.05, 3.63) is 64.7 Å². The molecule has 8 nitrogen and oxygen atoms in total. The van der Waals surface area contributed by atoms with Gasteiger partial charge in [-0.25, -0.2) is 9.69 Å². The molecule has 1 aliphatic heterocycles. The van der Waals surface area contributed by atoms with Crippen LogP contribution in [0.1, 0.15) is 5.56 Å². The first-order chi connectivity index (χ1) is 13.4. The number of rotatable bonds is 5. The third-order valence-electron chi connectivity index (χ3n) is 3.76. The minimum absolute atomic E-state index is 0.215. The van der Waals surface area contributed by atoms with E-state index in [-0.39, 0.29) is 23.6 Å². The summed E-state index contributed by atoms with van der Waals surface area (Å²) in [6, 6.07) is 11.7. The van der Waals surface area contributed by atoms with Crippen molar-refractivity contribution in [2.24, 2.45) is 5.73 Å². The van der Waals surface area contributed by atoms with Crippen molar-refractivity contribution in [1.82, 2.24) is 5.32 Å². The highest BCUT2D eigenvalue weighted by Crippen LogP contribution is 2.26. The normalized spacial score (nSPS) is 15.5. The van der Waals surface area contributed by atoms with Gasteiger partial charge in [0.05, 0.1) is 5.69 Å². The highest BCUT2D eigenvalue weighted by molar-refractivity contribution is 6.39. The Bertz CT molecular complexity index is 1020. The van der Waals surface area contributed by atoms with E-state index in [4.69, 9.17) is 22.1 Å². The highest BCUT2D eigenvalue weighted by Gasteiger charge is 2.37. The summed E-state index contributed by atoms with van der Waals surface area (Å²) in [7, 11) is 0. The van der Waals surface area contributed by atoms with Crippen LogP contribution >= 0.6 is 11.6 Å². The maximum absolute atomic E-state index is 12.9. The molecule has 0 unspecified atom stereocenters. The van der Waals surface area contributed by atoms with E-state index >= 15 is 0 Å². The molecule has 5 amide bonds. The van der Waals surface area contributed by atoms with E-state index in [9.17, 15) is 19.2 Å². The summed E-state index contributed by atoms with van der Waals surface area (Å²) in [5.41, 5.74) is 5.37. The van der Waals surface area contributed by atoms with E-state index in [0.29, 0.717) is 10.6 Å². The number of nitrogens with two attached hydrogens (primary N) is 1. The summed E-state index contributed by atoms with van der Waals surface area (Å²) in [5.74, 6) is -2.09. The van der Waals surface area contributed by atoms with Gasteiger partial charge in [-0.2, -0.15) is 0 Å². The molecule has 3 N–H and O–H groups in total. The third-order valence-corrected chi connectivity index (χ3v) is 3.99. The van der Waals surface area contributed by atoms with Crippen LogP contribution < -0.4 is 20.7 Å². The van der Waals surface area contributed by atoms with E-state index in [1.54, 1.807) is 36.4 Å². The van der Waals surface area contributed by atoms with E-state index in [1.165, 1.54) is 18.2 Å². The number of carbonyl (C=O) groups excluding carboxylic acids is 4. The molecule has 1 saturated heterocycles. The fourth-order valence-corrected chi connectivity index (χ4v) is 2.73. The fraction of sp³-hybridized carbons (Fsp3) is 0.0526. The molecule has 0 atom stereocenters. The zero-order chi connectivity index (χ0) is 20.3. The van der Waals surface area contributed by atoms with Gasteiger partial charge in [0.15, 0.2) is 6.61 Å². The zero-order valence-corrected chi connectivity index (χ0v) is 15.1. The number of anilines is 1. The lowest BCUT2D eigenvalue weighted by atomic mass is 10.1. The molecule has 0 saturated carbocycles. The number of nitrogens with zero attached hydrogens (tertiary/aromatic N) is 1. The summed E-state index contributed by atoms with van der Waals surface area (Å²) in [4.78, 5) is 49.1. The second-order valence-electron chi connectivity index (χ2n) is 5.73. The Morgan fingerprint density at radius 3 is 2.61 bits per heavy atom. The smallest absolute Gasteiger partial charge is 0.335 e. The molecule has 142 valence electrons. The molecule has 3 rings (SSSR count). The van der Waals surface area contributed by atoms with Crippen LogP contribution in [0.2, 0.25) is 5.02 Å². The third kappa shape index (κ3) is 4.02. The molecular weight excluding hydrogens is 386 g/mol. The number of imide groups is 2. The Kier molecular flexibility index (Phi) is 5.42. The predicted octanol–water partition coefficient (Wildman–Crippen LogP) is 1.87. The second kappa shape index (κ2) is 7.93. The van der Waals surface area contributed by atoms with Gasteiger partial charge in [-0.3, -0.25) is 19.7 Å². The van der Waals surface area contributed by atoms with Crippen LogP contribution in [0.15, 0.2) is 54.1 Å². The number of primary amides is 1. The number of urea groups is 1. The van der Waals surface area contributed by atoms with Crippen LogP contribution in [0.5, 0.6) is 5.75 Å². The van der Waals surface area contributed by atoms with Gasteiger partial charge in [0.25, 0.3) is 17.7 Å². The Morgan fingerprint density at radius 2 is 1.89 bits per heavy atom. The molecule has 0 spiro atoms. The summed E-state index contributed by atoms with van der Waals surface area (Å²) in [6.07, 6.45) is 1.28. The lowest BCUT2D eigenvalue weighted by Crippen LogP contribution is -2.54. The summed E-state index contributed by atoms with van der Waals surface area (Å²) < 4.78 is 5.30. The molecule has 1 heterocycles. The number of carbonyl (C=O) groups is 4. The first-order valence-electron chi connectivity index (χ1n) is 8.04. The van der Waals surface area contributed by atoms with Crippen molar-refractivity contribution in [3.8, 4) is 5.75 Å². The van der Waals surface area contributed by atoms with Gasteiger partial charge in [-0.05, 0) is 30.3 Å². The summed E-state index contributed by atoms with van der Waals surface area (Å²) in [5, 5.41) is 2.44. The van der Waals surface area contributed by atoms with E-state index in [1.807, 2.05) is 0 Å². The number of benzene rings is 2. The van der Waals surface area contributed by atoms with Crippen molar-refractivity contribution >= 4 is 47.1 Å². The van der Waals surface area contributed by atoms with Gasteiger partial charge >= 0.3 is 6.03 Å². The molecule has 28 heavy (non-hydrogen) atoms. The maximum Gasteiger partial charge on any atom is 0.335 e. The fourth-order valence-electron chi connectivity index (χ4n) is 2.54. The lowest BCUT2D eigenvalue weighted by Gasteiger charge is -2.26. The lowest BCUT2D eigenvalue weighted by molar-refractivity contribution is -0.123. The van der Waals surface area contributed by atoms with Crippen LogP contribution in [0.3, 0.4) is 0 Å². The minimum atomic E-state index is -0.882. The Hall–Kier alpha value is -3.65. The molecular formula is C19H14ClN3O5. The zero-order valence-electron chi connectivity index (χ0n) is 14.3. The SMILES string of the molecule is NC(=O)COc1ccccc1/C=C1\C(=O)NC(=O)N(c2cccc(Cl)c2)C1=O. The van der Waals surface area contributed by atoms with Crippen molar-refractivity contribution < 1.29 is 23.9 Å². The first kappa shape index (κ1) is 19.1. The number of nitrogens with one attached hydrogen (secondary N) is 1. The van der Waals surface area contributed by atoms with Gasteiger partial charge in [0, 0.05) is 10.6 Å². The van der Waals surface area contributed by atoms with Crippen molar-refractivity contribution in [1.29, 1.82) is 0 Å². The standard InChI is InChI=1S/C19H14ClN3O5/c20-12-5-3-6-13(9-12)23-18(26)14(17(25)22-19(23)27)8-11-4-1-2-7-15(11)28-10-16(21)24/h1-9H,10H2,(H2,21,24)(H,22,25,27)/b14-8+. The first-order valence-corrected chi connectivity index (χ1v) is 8.42. The summed E-state index contributed by atoms with van der Waals surface area (Å²) >= 11 is 5.93. The number of hydrogen-bond acceptors (Lipinski definition) is 5. The monoisotopic (exact) mass is 399 g/mol. The van der Waals surface area contributed by atoms with Crippen LogP contribution in [-0.4, -0.2) is 30.4 Å². The van der Waals surface area contributed by atoms with Crippen LogP contribution in [0.25, 0.3) is 6.08 Å². The van der Waals surface area contributed by atoms with E-state index in [0.717, 1.165) is 4.90 Å². The second-order valence-corrected chi connectivity index (χ2v) is 6.17. The summed E-state index contributed by atoms with van der Waals surface area (Å²) in [6.45, 7) is -0.368. The number of para-hydroxylation sites is 1. The molecule has 1 aliphatic rings. The van der Waals surface area contributed by atoms with Gasteiger partial charge in [-0.15, -0.1) is 0 Å². The van der Waals surface area contributed by atoms with Gasteiger partial charge in [0.1, 0.15) is 11.3 Å². The molecule has 0 bridgehead atoms. The van der Waals surface area contributed by atoms with Crippen molar-refractivity contribution in [3.63, 3.8) is 0 Å². The van der Waals surface area contributed by atoms with Crippen molar-refractivity contribution in [2.45, 2.75) is 0 Å². The molecule has 0 radical (unpaired) electrons. The maximum atomic E-state index is 12.9. The molecule has 9 heteroatoms. The van der Waals surface area contributed by atoms with Crippen LogP contribution in [-0.2, 0) is 14.4 Å². The Balaban J connectivity index is 1.99.